The number of aliphatic hydroxyl groups excluding tert-OH is 1. The van der Waals surface area contributed by atoms with E-state index in [0.29, 0.717) is 6.07 Å². The Morgan fingerprint density at radius 2 is 1.83 bits per heavy atom. The molecular formula is C20H19Cl2F2NO4. The lowest BCUT2D eigenvalue weighted by Crippen LogP contribution is -2.27. The molecule has 0 aliphatic heterocycles. The molecule has 0 aliphatic rings. The molecule has 2 aromatic carbocycles. The average Bonchev–Trinajstić information content (AvgIpc) is 2.65. The van der Waals surface area contributed by atoms with E-state index in [2.05, 4.69) is 5.32 Å². The second-order valence-electron chi connectivity index (χ2n) is 6.15. The van der Waals surface area contributed by atoms with Gasteiger partial charge < -0.3 is 15.2 Å². The summed E-state index contributed by atoms with van der Waals surface area (Å²) >= 11 is 12.0. The maximum atomic E-state index is 14.0. The van der Waals surface area contributed by atoms with Gasteiger partial charge in [-0.3, -0.25) is 9.59 Å². The van der Waals surface area contributed by atoms with Gasteiger partial charge in [-0.1, -0.05) is 35.3 Å². The van der Waals surface area contributed by atoms with Gasteiger partial charge in [0.15, 0.2) is 0 Å². The first-order valence-corrected chi connectivity index (χ1v) is 9.53. The van der Waals surface area contributed by atoms with Crippen LogP contribution in [0.1, 0.15) is 31.4 Å². The van der Waals surface area contributed by atoms with Crippen molar-refractivity contribution >= 4 is 40.8 Å². The fraction of sp³-hybridized carbons (Fsp3) is 0.300. The van der Waals surface area contributed by atoms with Gasteiger partial charge in [-0.25, -0.2) is 8.78 Å². The van der Waals surface area contributed by atoms with Crippen LogP contribution in [-0.2, 0) is 14.3 Å². The highest BCUT2D eigenvalue weighted by Crippen LogP contribution is 2.32. The number of ether oxygens (including phenoxy) is 1. The van der Waals surface area contributed by atoms with Crippen molar-refractivity contribution in [2.75, 3.05) is 11.9 Å². The fourth-order valence-corrected chi connectivity index (χ4v) is 3.21. The van der Waals surface area contributed by atoms with Crippen LogP contribution in [0.5, 0.6) is 0 Å². The maximum absolute atomic E-state index is 14.0. The predicted octanol–water partition coefficient (Wildman–Crippen LogP) is 4.90. The number of para-hydroxylation sites is 1. The lowest BCUT2D eigenvalue weighted by Gasteiger charge is -2.22. The van der Waals surface area contributed by atoms with E-state index in [9.17, 15) is 23.5 Å². The van der Waals surface area contributed by atoms with E-state index in [4.69, 9.17) is 27.9 Å². The number of amides is 1. The van der Waals surface area contributed by atoms with Crippen molar-refractivity contribution in [2.45, 2.75) is 25.9 Å². The zero-order chi connectivity index (χ0) is 21.6. The van der Waals surface area contributed by atoms with Crippen molar-refractivity contribution in [1.82, 2.24) is 0 Å². The molecule has 156 valence electrons. The third-order valence-corrected chi connectivity index (χ3v) is 4.79. The molecule has 0 bridgehead atoms. The molecule has 2 N–H and O–H groups in total. The van der Waals surface area contributed by atoms with E-state index in [-0.39, 0.29) is 40.7 Å². The summed E-state index contributed by atoms with van der Waals surface area (Å²) in [6.07, 6.45) is -1.97. The van der Waals surface area contributed by atoms with Crippen LogP contribution in [0.15, 0.2) is 36.4 Å². The van der Waals surface area contributed by atoms with Crippen LogP contribution in [0.4, 0.5) is 14.5 Å². The largest absolute Gasteiger partial charge is 0.466 e. The van der Waals surface area contributed by atoms with Gasteiger partial charge in [0.2, 0.25) is 5.91 Å². The quantitative estimate of drug-likeness (QED) is 0.566. The van der Waals surface area contributed by atoms with Crippen molar-refractivity contribution in [1.29, 1.82) is 0 Å². The number of anilines is 1. The number of benzene rings is 2. The minimum atomic E-state index is -1.62. The number of aliphatic hydroxyl groups is 1. The molecular weight excluding hydrogens is 427 g/mol. The van der Waals surface area contributed by atoms with Gasteiger partial charge in [-0.15, -0.1) is 0 Å². The third kappa shape index (κ3) is 6.13. The summed E-state index contributed by atoms with van der Waals surface area (Å²) in [6.45, 7) is 1.61. The molecule has 2 rings (SSSR count). The number of rotatable bonds is 8. The Bertz CT molecular complexity index is 875. The first-order valence-electron chi connectivity index (χ1n) is 8.78. The summed E-state index contributed by atoms with van der Waals surface area (Å²) in [5.41, 5.74) is -0.0438. The first kappa shape index (κ1) is 23.1. The highest BCUT2D eigenvalue weighted by Gasteiger charge is 2.31. The number of nitrogens with one attached hydrogen (secondary N) is 1. The highest BCUT2D eigenvalue weighted by atomic mass is 35.5. The average molecular weight is 446 g/mol. The number of carbonyl (C=O) groups excluding carboxylic acids is 2. The third-order valence-electron chi connectivity index (χ3n) is 4.16. The first-order chi connectivity index (χ1) is 13.7. The minimum Gasteiger partial charge on any atom is -0.466 e. The van der Waals surface area contributed by atoms with Gasteiger partial charge in [0, 0.05) is 18.1 Å². The standard InChI is InChI=1S/C20H19Cl2F2NO4/c1-2-29-20(28)13(19(27)12-7-6-11(23)10-16(12)24)8-9-17(26)25-18-14(21)4-3-5-15(18)22/h3-7,10,13,19,27H,2,8-9H2,1H3,(H,25,26). The van der Waals surface area contributed by atoms with Gasteiger partial charge in [-0.05, 0) is 31.5 Å². The molecule has 0 heterocycles. The molecule has 2 atom stereocenters. The molecule has 29 heavy (non-hydrogen) atoms. The highest BCUT2D eigenvalue weighted by molar-refractivity contribution is 6.39. The molecule has 0 radical (unpaired) electrons. The number of hydrogen-bond acceptors (Lipinski definition) is 4. The SMILES string of the molecule is CCOC(=O)C(CCC(=O)Nc1c(Cl)cccc1Cl)C(O)c1ccc(F)cc1F. The lowest BCUT2D eigenvalue weighted by atomic mass is 9.91. The summed E-state index contributed by atoms with van der Waals surface area (Å²) in [5.74, 6) is -4.36. The van der Waals surface area contributed by atoms with Crippen LogP contribution in [-0.4, -0.2) is 23.6 Å². The Labute approximate surface area is 176 Å². The van der Waals surface area contributed by atoms with E-state index >= 15 is 0 Å². The molecule has 2 unspecified atom stereocenters. The number of hydrogen-bond donors (Lipinski definition) is 2. The van der Waals surface area contributed by atoms with Crippen LogP contribution >= 0.6 is 23.2 Å². The van der Waals surface area contributed by atoms with E-state index in [1.807, 2.05) is 0 Å². The molecule has 0 spiro atoms. The Morgan fingerprint density at radius 1 is 1.17 bits per heavy atom. The minimum absolute atomic E-state index is 0.0371. The Kier molecular flexibility index (Phi) is 8.37. The molecule has 0 saturated heterocycles. The Balaban J connectivity index is 2.14. The maximum Gasteiger partial charge on any atom is 0.311 e. The van der Waals surface area contributed by atoms with Gasteiger partial charge in [0.05, 0.1) is 34.4 Å². The zero-order valence-electron chi connectivity index (χ0n) is 15.4. The van der Waals surface area contributed by atoms with Crippen LogP contribution in [0.2, 0.25) is 10.0 Å². The van der Waals surface area contributed by atoms with Crippen LogP contribution in [0.3, 0.4) is 0 Å². The van der Waals surface area contributed by atoms with Gasteiger partial charge in [0.25, 0.3) is 0 Å². The second kappa shape index (κ2) is 10.5. The van der Waals surface area contributed by atoms with Crippen LogP contribution in [0.25, 0.3) is 0 Å². The molecule has 2 aromatic rings. The second-order valence-corrected chi connectivity index (χ2v) is 6.97. The molecule has 0 fully saturated rings. The lowest BCUT2D eigenvalue weighted by molar-refractivity contribution is -0.152. The summed E-state index contributed by atoms with van der Waals surface area (Å²) in [7, 11) is 0. The monoisotopic (exact) mass is 445 g/mol. The van der Waals surface area contributed by atoms with Crippen molar-refractivity contribution in [3.05, 3.63) is 63.6 Å². The van der Waals surface area contributed by atoms with Crippen molar-refractivity contribution in [3.63, 3.8) is 0 Å². The van der Waals surface area contributed by atoms with E-state index in [1.165, 1.54) is 0 Å². The molecule has 5 nitrogen and oxygen atoms in total. The van der Waals surface area contributed by atoms with E-state index < -0.39 is 35.5 Å². The molecule has 0 saturated carbocycles. The van der Waals surface area contributed by atoms with Crippen molar-refractivity contribution in [2.24, 2.45) is 5.92 Å². The number of halogens is 4. The fourth-order valence-electron chi connectivity index (χ4n) is 2.72. The van der Waals surface area contributed by atoms with Crippen LogP contribution < -0.4 is 5.32 Å². The Hall–Kier alpha value is -2.22. The topological polar surface area (TPSA) is 75.6 Å². The van der Waals surface area contributed by atoms with E-state index in [0.717, 1.165) is 12.1 Å². The van der Waals surface area contributed by atoms with Gasteiger partial charge in [-0.2, -0.15) is 0 Å². The molecule has 0 aromatic heterocycles. The summed E-state index contributed by atoms with van der Waals surface area (Å²) in [4.78, 5) is 24.5. The molecule has 0 aliphatic carbocycles. The van der Waals surface area contributed by atoms with E-state index in [1.54, 1.807) is 25.1 Å². The Morgan fingerprint density at radius 3 is 2.41 bits per heavy atom. The molecule has 9 heteroatoms. The number of esters is 1. The molecule has 1 amide bonds. The predicted molar refractivity (Wildman–Crippen MR) is 106 cm³/mol. The smallest absolute Gasteiger partial charge is 0.311 e. The zero-order valence-corrected chi connectivity index (χ0v) is 16.9. The summed E-state index contributed by atoms with van der Waals surface area (Å²) in [5, 5.41) is 13.5. The van der Waals surface area contributed by atoms with Crippen LogP contribution in [0, 0.1) is 17.6 Å². The number of carbonyl (C=O) groups is 2. The van der Waals surface area contributed by atoms with Gasteiger partial charge >= 0.3 is 5.97 Å². The summed E-state index contributed by atoms with van der Waals surface area (Å²) in [6, 6.07) is 7.33. The van der Waals surface area contributed by atoms with Gasteiger partial charge in [0.1, 0.15) is 11.6 Å². The van der Waals surface area contributed by atoms with Crippen molar-refractivity contribution in [3.8, 4) is 0 Å². The normalized spacial score (nSPS) is 12.9. The summed E-state index contributed by atoms with van der Waals surface area (Å²) < 4.78 is 32.1. The van der Waals surface area contributed by atoms with Crippen molar-refractivity contribution < 1.29 is 28.2 Å².